The average Bonchev–Trinajstić information content (AvgIpc) is 2.78. The van der Waals surface area contributed by atoms with Crippen molar-refractivity contribution >= 4 is 69.4 Å². The van der Waals surface area contributed by atoms with E-state index < -0.39 is 0 Å². The number of rotatable bonds is 4. The van der Waals surface area contributed by atoms with Crippen LogP contribution in [0.2, 0.25) is 0 Å². The van der Waals surface area contributed by atoms with Crippen LogP contribution in [0.15, 0.2) is 103 Å². The van der Waals surface area contributed by atoms with E-state index >= 15 is 0 Å². The predicted molar refractivity (Wildman–Crippen MR) is 141 cm³/mol. The van der Waals surface area contributed by atoms with Crippen LogP contribution in [-0.2, 0) is 0 Å². The fourth-order valence-electron chi connectivity index (χ4n) is 3.42. The Bertz CT molecular complexity index is 1170. The fraction of sp³-hybridized carbons (Fsp3) is 0. The van der Waals surface area contributed by atoms with E-state index in [0.717, 1.165) is 51.3 Å². The molecule has 0 saturated heterocycles. The highest BCUT2D eigenvalue weighted by atomic mass is 79.9. The molecule has 0 amide bonds. The van der Waals surface area contributed by atoms with Gasteiger partial charge in [-0.3, -0.25) is 0 Å². The highest BCUT2D eigenvalue weighted by Crippen LogP contribution is 2.38. The standard InChI is InChI=1S/C25H14Br4N2/c26-19-11-17(15-7-3-1-4-8-15)12-20(27)23(19)25(31-30)24-21(28)13-18(14-22(24)29)16-9-5-2-6-10-16/h1-14H. The van der Waals surface area contributed by atoms with Gasteiger partial charge in [-0.05, 0) is 110 Å². The number of halogens is 4. The maximum absolute atomic E-state index is 10.0. The van der Waals surface area contributed by atoms with Crippen LogP contribution in [0, 0.1) is 0 Å². The number of benzene rings is 4. The summed E-state index contributed by atoms with van der Waals surface area (Å²) >= 11 is 14.7. The number of hydrogen-bond donors (Lipinski definition) is 0. The Kier molecular flexibility index (Phi) is 7.05. The maximum Gasteiger partial charge on any atom is 0.334 e. The third kappa shape index (κ3) is 4.69. The molecule has 0 atom stereocenters. The van der Waals surface area contributed by atoms with Gasteiger partial charge in [-0.2, -0.15) is 4.79 Å². The molecular formula is C25H14Br4N2. The molecule has 0 aliphatic carbocycles. The van der Waals surface area contributed by atoms with Crippen molar-refractivity contribution in [3.63, 3.8) is 0 Å². The first-order valence-corrected chi connectivity index (χ1v) is 12.5. The molecule has 0 fully saturated rings. The van der Waals surface area contributed by atoms with E-state index in [1.54, 1.807) is 0 Å². The Labute approximate surface area is 214 Å². The molecule has 4 aromatic rings. The molecule has 0 N–H and O–H groups in total. The molecule has 0 aromatic heterocycles. The Morgan fingerprint density at radius 1 is 0.516 bits per heavy atom. The van der Waals surface area contributed by atoms with Gasteiger partial charge in [0, 0.05) is 17.9 Å². The van der Waals surface area contributed by atoms with E-state index in [1.165, 1.54) is 0 Å². The Hall–Kier alpha value is -1.82. The normalized spacial score (nSPS) is 10.6. The number of nitrogens with zero attached hydrogens (tertiary/aromatic N) is 2. The summed E-state index contributed by atoms with van der Waals surface area (Å²) in [6.45, 7) is 0. The summed E-state index contributed by atoms with van der Waals surface area (Å²) in [6.07, 6.45) is 0. The molecule has 0 spiro atoms. The fourth-order valence-corrected chi connectivity index (χ4v) is 6.54. The van der Waals surface area contributed by atoms with E-state index in [0.29, 0.717) is 5.71 Å². The van der Waals surface area contributed by atoms with Crippen LogP contribution in [-0.4, -0.2) is 10.5 Å². The molecule has 0 bridgehead atoms. The van der Waals surface area contributed by atoms with Crippen LogP contribution in [0.5, 0.6) is 0 Å². The van der Waals surface area contributed by atoms with Crippen molar-refractivity contribution in [2.24, 2.45) is 0 Å². The number of hydrogen-bond acceptors (Lipinski definition) is 0. The molecule has 4 aromatic carbocycles. The lowest BCUT2D eigenvalue weighted by Gasteiger charge is -2.12. The lowest BCUT2D eigenvalue weighted by molar-refractivity contribution is -0.00300. The minimum absolute atomic E-state index is 0.441. The highest BCUT2D eigenvalue weighted by molar-refractivity contribution is 9.11. The van der Waals surface area contributed by atoms with Crippen LogP contribution in [0.1, 0.15) is 11.1 Å². The third-order valence-electron chi connectivity index (χ3n) is 4.87. The van der Waals surface area contributed by atoms with Crippen LogP contribution >= 0.6 is 63.7 Å². The molecule has 0 saturated carbocycles. The highest BCUT2D eigenvalue weighted by Gasteiger charge is 2.27. The summed E-state index contributed by atoms with van der Waals surface area (Å²) in [5, 5.41) is 0. The largest absolute Gasteiger partial charge is 0.361 e. The zero-order chi connectivity index (χ0) is 22.0. The van der Waals surface area contributed by atoms with Crippen molar-refractivity contribution in [2.75, 3.05) is 0 Å². The Morgan fingerprint density at radius 3 is 1.13 bits per heavy atom. The molecule has 0 unspecified atom stereocenters. The summed E-state index contributed by atoms with van der Waals surface area (Å²) in [6, 6.07) is 28.4. The summed E-state index contributed by atoms with van der Waals surface area (Å²) in [7, 11) is 0. The monoisotopic (exact) mass is 658 g/mol. The van der Waals surface area contributed by atoms with Gasteiger partial charge < -0.3 is 5.53 Å². The van der Waals surface area contributed by atoms with Gasteiger partial charge in [0.05, 0.1) is 11.1 Å². The SMILES string of the molecule is [N-]=[N+]=C(c1c(Br)cc(-c2ccccc2)cc1Br)c1c(Br)cc(-c2ccccc2)cc1Br. The van der Waals surface area contributed by atoms with Gasteiger partial charge >= 0.3 is 5.71 Å². The van der Waals surface area contributed by atoms with E-state index in [2.05, 4.69) is 92.8 Å². The molecule has 0 aliphatic heterocycles. The molecule has 4 rings (SSSR count). The van der Waals surface area contributed by atoms with Crippen molar-refractivity contribution in [2.45, 2.75) is 0 Å². The van der Waals surface area contributed by atoms with Crippen molar-refractivity contribution in [3.05, 3.63) is 119 Å². The minimum Gasteiger partial charge on any atom is -0.361 e. The molecule has 0 aliphatic rings. The maximum atomic E-state index is 10.0. The summed E-state index contributed by atoms with van der Waals surface area (Å²) < 4.78 is 3.28. The molecule has 0 radical (unpaired) electrons. The van der Waals surface area contributed by atoms with Gasteiger partial charge in [0.15, 0.2) is 0 Å². The summed E-state index contributed by atoms with van der Waals surface area (Å²) in [5.74, 6) is 0. The smallest absolute Gasteiger partial charge is 0.334 e. The molecule has 2 nitrogen and oxygen atoms in total. The second-order valence-electron chi connectivity index (χ2n) is 6.81. The second-order valence-corrected chi connectivity index (χ2v) is 10.2. The van der Waals surface area contributed by atoms with Crippen LogP contribution < -0.4 is 0 Å². The summed E-state index contributed by atoms with van der Waals surface area (Å²) in [4.78, 5) is 3.67. The summed E-state index contributed by atoms with van der Waals surface area (Å²) in [5.41, 5.74) is 16.3. The average molecular weight is 662 g/mol. The third-order valence-corrected chi connectivity index (χ3v) is 7.37. The van der Waals surface area contributed by atoms with Crippen LogP contribution in [0.3, 0.4) is 0 Å². The van der Waals surface area contributed by atoms with Gasteiger partial charge in [-0.25, -0.2) is 0 Å². The lowest BCUT2D eigenvalue weighted by atomic mass is 9.97. The minimum atomic E-state index is 0.441. The Morgan fingerprint density at radius 2 is 0.839 bits per heavy atom. The molecule has 31 heavy (non-hydrogen) atoms. The van der Waals surface area contributed by atoms with Crippen molar-refractivity contribution in [3.8, 4) is 22.3 Å². The van der Waals surface area contributed by atoms with Gasteiger partial charge in [-0.1, -0.05) is 60.7 Å². The van der Waals surface area contributed by atoms with E-state index in [9.17, 15) is 5.53 Å². The predicted octanol–water partition coefficient (Wildman–Crippen LogP) is 9.14. The van der Waals surface area contributed by atoms with Gasteiger partial charge in [0.2, 0.25) is 0 Å². The van der Waals surface area contributed by atoms with Crippen molar-refractivity contribution in [1.82, 2.24) is 0 Å². The van der Waals surface area contributed by atoms with Gasteiger partial charge in [0.25, 0.3) is 0 Å². The van der Waals surface area contributed by atoms with Gasteiger partial charge in [0.1, 0.15) is 0 Å². The molecule has 0 heterocycles. The second kappa shape index (κ2) is 9.76. The molecular weight excluding hydrogens is 648 g/mol. The van der Waals surface area contributed by atoms with E-state index in [1.807, 2.05) is 60.7 Å². The zero-order valence-corrected chi connectivity index (χ0v) is 22.3. The van der Waals surface area contributed by atoms with Gasteiger partial charge in [-0.15, -0.1) is 0 Å². The van der Waals surface area contributed by atoms with Crippen LogP contribution in [0.25, 0.3) is 27.8 Å². The van der Waals surface area contributed by atoms with Crippen molar-refractivity contribution in [1.29, 1.82) is 0 Å². The van der Waals surface area contributed by atoms with E-state index in [4.69, 9.17) is 0 Å². The van der Waals surface area contributed by atoms with E-state index in [-0.39, 0.29) is 0 Å². The molecule has 6 heteroatoms. The molecule has 152 valence electrons. The lowest BCUT2D eigenvalue weighted by Crippen LogP contribution is -2.09. The quantitative estimate of drug-likeness (QED) is 0.119. The Balaban J connectivity index is 1.83. The zero-order valence-electron chi connectivity index (χ0n) is 16.0. The topological polar surface area (TPSA) is 36.4 Å². The van der Waals surface area contributed by atoms with Crippen LogP contribution in [0.4, 0.5) is 0 Å². The first-order chi connectivity index (χ1) is 15.0. The first-order valence-electron chi connectivity index (χ1n) is 9.31. The first kappa shape index (κ1) is 22.4. The van der Waals surface area contributed by atoms with Crippen molar-refractivity contribution < 1.29 is 4.79 Å².